The van der Waals surface area contributed by atoms with E-state index in [0.29, 0.717) is 0 Å². The second-order valence-electron chi connectivity index (χ2n) is 4.61. The third-order valence-corrected chi connectivity index (χ3v) is 3.34. The fourth-order valence-electron chi connectivity index (χ4n) is 2.28. The number of rotatable bonds is 2. The largest absolute Gasteiger partial charge is 0.340 e. The first kappa shape index (κ1) is 10.4. The topological polar surface area (TPSA) is 29.0 Å². The van der Waals surface area contributed by atoms with Gasteiger partial charge in [-0.2, -0.15) is 0 Å². The van der Waals surface area contributed by atoms with Gasteiger partial charge in [0, 0.05) is 25.5 Å². The molecule has 0 saturated carbocycles. The molecule has 2 heterocycles. The van der Waals surface area contributed by atoms with Crippen LogP contribution in [0.25, 0.3) is 0 Å². The average molecular weight is 205 g/mol. The van der Waals surface area contributed by atoms with E-state index in [1.54, 1.807) is 0 Å². The first-order chi connectivity index (χ1) is 7.20. The van der Waals surface area contributed by atoms with Crippen LogP contribution in [-0.2, 0) is 0 Å². The van der Waals surface area contributed by atoms with Gasteiger partial charge in [0.1, 0.15) is 0 Å². The van der Waals surface area contributed by atoms with E-state index < -0.39 is 0 Å². The van der Waals surface area contributed by atoms with Gasteiger partial charge in [0.25, 0.3) is 0 Å². The van der Waals surface area contributed by atoms with Crippen LogP contribution in [0.3, 0.4) is 0 Å². The second-order valence-corrected chi connectivity index (χ2v) is 4.61. The van der Waals surface area contributed by atoms with Crippen LogP contribution in [0.1, 0.15) is 25.8 Å². The number of hydrogen-bond acceptors (Lipinski definition) is 3. The van der Waals surface area contributed by atoms with Crippen molar-refractivity contribution in [2.75, 3.05) is 18.0 Å². The van der Waals surface area contributed by atoms with E-state index in [1.165, 1.54) is 6.42 Å². The minimum atomic E-state index is 0.764. The zero-order valence-electron chi connectivity index (χ0n) is 9.77. The number of nitrogens with zero attached hydrogens (tertiary/aromatic N) is 3. The average Bonchev–Trinajstić information content (AvgIpc) is 2.61. The summed E-state index contributed by atoms with van der Waals surface area (Å²) in [4.78, 5) is 11.1. The van der Waals surface area contributed by atoms with Crippen LogP contribution in [0.4, 0.5) is 5.95 Å². The molecule has 0 spiro atoms. The zero-order chi connectivity index (χ0) is 10.8. The lowest BCUT2D eigenvalue weighted by atomic mass is 9.96. The van der Waals surface area contributed by atoms with E-state index in [0.717, 1.165) is 36.4 Å². The van der Waals surface area contributed by atoms with Gasteiger partial charge in [-0.05, 0) is 24.3 Å². The summed E-state index contributed by atoms with van der Waals surface area (Å²) in [6.45, 7) is 8.82. The molecule has 0 amide bonds. The molecule has 0 aromatic carbocycles. The van der Waals surface area contributed by atoms with Gasteiger partial charge in [0.15, 0.2) is 0 Å². The highest BCUT2D eigenvalue weighted by Gasteiger charge is 2.29. The van der Waals surface area contributed by atoms with Crippen molar-refractivity contribution >= 4 is 5.95 Å². The molecule has 2 atom stereocenters. The Hall–Kier alpha value is -1.12. The van der Waals surface area contributed by atoms with Crippen LogP contribution in [0, 0.1) is 18.8 Å². The Labute approximate surface area is 91.5 Å². The van der Waals surface area contributed by atoms with Crippen molar-refractivity contribution in [3.8, 4) is 0 Å². The summed E-state index contributed by atoms with van der Waals surface area (Å²) in [5, 5.41) is 0. The molecule has 0 bridgehead atoms. The molecule has 1 aromatic heterocycles. The van der Waals surface area contributed by atoms with Crippen molar-refractivity contribution in [3.63, 3.8) is 0 Å². The fraction of sp³-hybridized carbons (Fsp3) is 0.667. The number of aryl methyl sites for hydroxylation is 1. The third-order valence-electron chi connectivity index (χ3n) is 3.34. The van der Waals surface area contributed by atoms with Crippen molar-refractivity contribution in [1.82, 2.24) is 9.97 Å². The third kappa shape index (κ3) is 2.11. The molecule has 82 valence electrons. The number of hydrogen-bond donors (Lipinski definition) is 0. The maximum absolute atomic E-state index is 4.38. The van der Waals surface area contributed by atoms with Crippen molar-refractivity contribution in [2.45, 2.75) is 27.2 Å². The molecule has 3 heteroatoms. The number of aromatic nitrogens is 2. The van der Waals surface area contributed by atoms with Crippen LogP contribution < -0.4 is 4.90 Å². The monoisotopic (exact) mass is 205 g/mol. The molecule has 0 radical (unpaired) electrons. The summed E-state index contributed by atoms with van der Waals surface area (Å²) >= 11 is 0. The maximum atomic E-state index is 4.38. The molecule has 0 aliphatic carbocycles. The second kappa shape index (κ2) is 4.17. The van der Waals surface area contributed by atoms with Gasteiger partial charge >= 0.3 is 0 Å². The van der Waals surface area contributed by atoms with Gasteiger partial charge in [-0.15, -0.1) is 0 Å². The highest BCUT2D eigenvalue weighted by Crippen LogP contribution is 2.27. The Morgan fingerprint density at radius 2 is 2.00 bits per heavy atom. The summed E-state index contributed by atoms with van der Waals surface area (Å²) < 4.78 is 0. The van der Waals surface area contributed by atoms with Gasteiger partial charge in [0.2, 0.25) is 5.95 Å². The van der Waals surface area contributed by atoms with E-state index in [9.17, 15) is 0 Å². The standard InChI is InChI=1S/C12H19N3/c1-4-11-8-15(7-10(11)3)12-13-5-9(2)6-14-12/h5-6,10-11H,4,7-8H2,1-3H3/t10-,11+/m1/s1. The van der Waals surface area contributed by atoms with Gasteiger partial charge in [-0.25, -0.2) is 9.97 Å². The summed E-state index contributed by atoms with van der Waals surface area (Å²) in [5.74, 6) is 2.46. The summed E-state index contributed by atoms with van der Waals surface area (Å²) in [7, 11) is 0. The smallest absolute Gasteiger partial charge is 0.225 e. The lowest BCUT2D eigenvalue weighted by Gasteiger charge is -2.15. The van der Waals surface area contributed by atoms with Gasteiger partial charge < -0.3 is 4.90 Å². The summed E-state index contributed by atoms with van der Waals surface area (Å²) in [6.07, 6.45) is 5.04. The molecule has 3 nitrogen and oxygen atoms in total. The van der Waals surface area contributed by atoms with Crippen LogP contribution in [0.2, 0.25) is 0 Å². The highest BCUT2D eigenvalue weighted by atomic mass is 15.3. The predicted molar refractivity (Wildman–Crippen MR) is 61.9 cm³/mol. The van der Waals surface area contributed by atoms with Crippen LogP contribution in [0.5, 0.6) is 0 Å². The van der Waals surface area contributed by atoms with E-state index in [1.807, 2.05) is 19.3 Å². The van der Waals surface area contributed by atoms with E-state index in [4.69, 9.17) is 0 Å². The van der Waals surface area contributed by atoms with Gasteiger partial charge in [-0.1, -0.05) is 20.3 Å². The fourth-order valence-corrected chi connectivity index (χ4v) is 2.28. The first-order valence-electron chi connectivity index (χ1n) is 5.74. The van der Waals surface area contributed by atoms with Crippen LogP contribution >= 0.6 is 0 Å². The van der Waals surface area contributed by atoms with E-state index >= 15 is 0 Å². The summed E-state index contributed by atoms with van der Waals surface area (Å²) in [5.41, 5.74) is 1.12. The molecule has 1 aliphatic rings. The van der Waals surface area contributed by atoms with Gasteiger partial charge in [-0.3, -0.25) is 0 Å². The lowest BCUT2D eigenvalue weighted by Crippen LogP contribution is -2.22. The summed E-state index contributed by atoms with van der Waals surface area (Å²) in [6, 6.07) is 0. The molecule has 15 heavy (non-hydrogen) atoms. The first-order valence-corrected chi connectivity index (χ1v) is 5.74. The van der Waals surface area contributed by atoms with Crippen LogP contribution in [0.15, 0.2) is 12.4 Å². The molecule has 1 aromatic rings. The Balaban J connectivity index is 2.10. The highest BCUT2D eigenvalue weighted by molar-refractivity contribution is 5.31. The van der Waals surface area contributed by atoms with E-state index in [-0.39, 0.29) is 0 Å². The minimum Gasteiger partial charge on any atom is -0.340 e. The molecular formula is C12H19N3. The van der Waals surface area contributed by atoms with E-state index in [2.05, 4.69) is 28.7 Å². The normalized spacial score (nSPS) is 25.9. The Morgan fingerprint density at radius 3 is 2.53 bits per heavy atom. The molecule has 2 rings (SSSR count). The molecule has 1 aliphatic heterocycles. The van der Waals surface area contributed by atoms with Crippen molar-refractivity contribution in [1.29, 1.82) is 0 Å². The van der Waals surface area contributed by atoms with Crippen molar-refractivity contribution in [2.24, 2.45) is 11.8 Å². The lowest BCUT2D eigenvalue weighted by molar-refractivity contribution is 0.440. The Bertz CT molecular complexity index is 320. The Kier molecular flexibility index (Phi) is 2.89. The molecular weight excluding hydrogens is 186 g/mol. The molecule has 1 saturated heterocycles. The number of anilines is 1. The SMILES string of the molecule is CC[C@H]1CN(c2ncc(C)cn2)C[C@H]1C. The van der Waals surface area contributed by atoms with Crippen molar-refractivity contribution < 1.29 is 0 Å². The minimum absolute atomic E-state index is 0.764. The van der Waals surface area contributed by atoms with Crippen LogP contribution in [-0.4, -0.2) is 23.1 Å². The molecule has 0 unspecified atom stereocenters. The quantitative estimate of drug-likeness (QED) is 0.741. The predicted octanol–water partition coefficient (Wildman–Crippen LogP) is 2.27. The van der Waals surface area contributed by atoms with Crippen molar-refractivity contribution in [3.05, 3.63) is 18.0 Å². The molecule has 0 N–H and O–H groups in total. The Morgan fingerprint density at radius 1 is 1.33 bits per heavy atom. The molecule has 1 fully saturated rings. The van der Waals surface area contributed by atoms with Gasteiger partial charge in [0.05, 0.1) is 0 Å². The zero-order valence-corrected chi connectivity index (χ0v) is 9.77. The maximum Gasteiger partial charge on any atom is 0.225 e.